The van der Waals surface area contributed by atoms with Crippen LogP contribution in [0.4, 0.5) is 13.2 Å². The average Bonchev–Trinajstić information content (AvgIpc) is 3.10. The van der Waals surface area contributed by atoms with Gasteiger partial charge in [-0.3, -0.25) is 4.68 Å². The number of alkyl halides is 3. The largest absolute Gasteiger partial charge is 0.491 e. The van der Waals surface area contributed by atoms with E-state index in [2.05, 4.69) is 20.7 Å². The van der Waals surface area contributed by atoms with Crippen molar-refractivity contribution in [3.05, 3.63) is 47.8 Å². The predicted octanol–water partition coefficient (Wildman–Crippen LogP) is 2.28. The first-order valence-electron chi connectivity index (χ1n) is 9.16. The highest BCUT2D eigenvalue weighted by molar-refractivity contribution is 5.79. The van der Waals surface area contributed by atoms with Gasteiger partial charge in [0.25, 0.3) is 0 Å². The molecule has 2 aromatic rings. The molecule has 0 fully saturated rings. The molecule has 1 aromatic carbocycles. The van der Waals surface area contributed by atoms with E-state index >= 15 is 0 Å². The Kier molecular flexibility index (Phi) is 7.49. The van der Waals surface area contributed by atoms with Gasteiger partial charge in [0.05, 0.1) is 24.8 Å². The molecule has 0 amide bonds. The third-order valence-corrected chi connectivity index (χ3v) is 4.06. The van der Waals surface area contributed by atoms with Gasteiger partial charge >= 0.3 is 6.18 Å². The van der Waals surface area contributed by atoms with Crippen LogP contribution in [-0.4, -0.2) is 47.1 Å². The summed E-state index contributed by atoms with van der Waals surface area (Å²) < 4.78 is 45.8. The molecule has 1 unspecified atom stereocenters. The summed E-state index contributed by atoms with van der Waals surface area (Å²) in [6.45, 7) is 4.41. The molecule has 2 rings (SSSR count). The normalized spacial score (nSPS) is 14.4. The van der Waals surface area contributed by atoms with Gasteiger partial charge in [-0.15, -0.1) is 0 Å². The molecule has 7 nitrogen and oxygen atoms in total. The molecule has 0 aliphatic carbocycles. The molecule has 0 radical (unpaired) electrons. The van der Waals surface area contributed by atoms with Gasteiger partial charge in [-0.25, -0.2) is 4.99 Å². The van der Waals surface area contributed by atoms with Crippen molar-refractivity contribution in [2.24, 2.45) is 12.0 Å². The zero-order valence-corrected chi connectivity index (χ0v) is 16.6. The number of nitrogens with one attached hydrogen (secondary N) is 2. The molecule has 0 aliphatic heterocycles. The first-order valence-corrected chi connectivity index (χ1v) is 9.16. The van der Waals surface area contributed by atoms with E-state index in [0.717, 1.165) is 6.07 Å². The number of aromatic nitrogens is 2. The van der Waals surface area contributed by atoms with Crippen LogP contribution in [-0.2, 0) is 18.8 Å². The van der Waals surface area contributed by atoms with Crippen molar-refractivity contribution < 1.29 is 23.0 Å². The fraction of sp³-hybridized carbons (Fsp3) is 0.474. The molecule has 0 saturated heterocycles. The molecular formula is C19H26F3N5O2. The SMILES string of the molecule is CCNC(=NCC(C)(O)c1cnn(C)c1)NCCOc1ccccc1C(F)(F)F. The Morgan fingerprint density at radius 3 is 2.62 bits per heavy atom. The van der Waals surface area contributed by atoms with Gasteiger partial charge in [0.2, 0.25) is 0 Å². The van der Waals surface area contributed by atoms with E-state index < -0.39 is 17.3 Å². The van der Waals surface area contributed by atoms with Crippen molar-refractivity contribution in [2.45, 2.75) is 25.6 Å². The molecule has 10 heteroatoms. The number of benzene rings is 1. The highest BCUT2D eigenvalue weighted by atomic mass is 19.4. The first-order chi connectivity index (χ1) is 13.6. The van der Waals surface area contributed by atoms with Crippen LogP contribution in [0.2, 0.25) is 0 Å². The number of nitrogens with zero attached hydrogens (tertiary/aromatic N) is 3. The molecular weight excluding hydrogens is 387 g/mol. The lowest BCUT2D eigenvalue weighted by Gasteiger charge is -2.20. The van der Waals surface area contributed by atoms with E-state index in [9.17, 15) is 18.3 Å². The summed E-state index contributed by atoms with van der Waals surface area (Å²) in [6.07, 6.45) is -1.19. The van der Waals surface area contributed by atoms with Crippen LogP contribution in [0.3, 0.4) is 0 Å². The van der Waals surface area contributed by atoms with Crippen LogP contribution in [0, 0.1) is 0 Å². The molecule has 1 aromatic heterocycles. The minimum absolute atomic E-state index is 0.0104. The molecule has 0 spiro atoms. The number of rotatable bonds is 8. The zero-order chi connectivity index (χ0) is 21.5. The Hall–Kier alpha value is -2.75. The number of hydrogen-bond acceptors (Lipinski definition) is 4. The molecule has 0 bridgehead atoms. The monoisotopic (exact) mass is 413 g/mol. The van der Waals surface area contributed by atoms with Crippen molar-refractivity contribution in [1.82, 2.24) is 20.4 Å². The van der Waals surface area contributed by atoms with Crippen LogP contribution in [0.5, 0.6) is 5.75 Å². The maximum absolute atomic E-state index is 13.0. The average molecular weight is 413 g/mol. The summed E-state index contributed by atoms with van der Waals surface area (Å²) in [5, 5.41) is 20.6. The van der Waals surface area contributed by atoms with E-state index in [4.69, 9.17) is 4.74 Å². The number of para-hydroxylation sites is 1. The quantitative estimate of drug-likeness (QED) is 0.351. The van der Waals surface area contributed by atoms with Crippen molar-refractivity contribution in [2.75, 3.05) is 26.2 Å². The first kappa shape index (κ1) is 22.5. The predicted molar refractivity (Wildman–Crippen MR) is 104 cm³/mol. The number of halogens is 3. The van der Waals surface area contributed by atoms with Crippen LogP contribution < -0.4 is 15.4 Å². The third kappa shape index (κ3) is 6.67. The van der Waals surface area contributed by atoms with Crippen LogP contribution in [0.1, 0.15) is 25.0 Å². The minimum atomic E-state index is -4.47. The molecule has 0 saturated carbocycles. The van der Waals surface area contributed by atoms with Gasteiger partial charge < -0.3 is 20.5 Å². The van der Waals surface area contributed by atoms with Gasteiger partial charge in [-0.1, -0.05) is 12.1 Å². The van der Waals surface area contributed by atoms with Gasteiger partial charge in [-0.2, -0.15) is 18.3 Å². The molecule has 160 valence electrons. The molecule has 29 heavy (non-hydrogen) atoms. The maximum Gasteiger partial charge on any atom is 0.419 e. The lowest BCUT2D eigenvalue weighted by atomic mass is 10.0. The number of ether oxygens (including phenoxy) is 1. The van der Waals surface area contributed by atoms with E-state index in [-0.39, 0.29) is 25.4 Å². The molecule has 0 aliphatic rings. The maximum atomic E-state index is 13.0. The summed E-state index contributed by atoms with van der Waals surface area (Å²) in [4.78, 5) is 4.34. The number of hydrogen-bond donors (Lipinski definition) is 3. The second kappa shape index (κ2) is 9.64. The summed E-state index contributed by atoms with van der Waals surface area (Å²) >= 11 is 0. The molecule has 1 heterocycles. The number of aliphatic imine (C=N–C) groups is 1. The Balaban J connectivity index is 1.92. The zero-order valence-electron chi connectivity index (χ0n) is 16.6. The summed E-state index contributed by atoms with van der Waals surface area (Å²) in [6, 6.07) is 5.07. The fourth-order valence-corrected chi connectivity index (χ4v) is 2.52. The topological polar surface area (TPSA) is 83.7 Å². The number of guanidine groups is 1. The highest BCUT2D eigenvalue weighted by Crippen LogP contribution is 2.35. The van der Waals surface area contributed by atoms with Crippen LogP contribution >= 0.6 is 0 Å². The van der Waals surface area contributed by atoms with Gasteiger partial charge in [-0.05, 0) is 26.0 Å². The second-order valence-electron chi connectivity index (χ2n) is 6.64. The van der Waals surface area contributed by atoms with Crippen LogP contribution in [0.15, 0.2) is 41.7 Å². The van der Waals surface area contributed by atoms with Crippen molar-refractivity contribution in [3.8, 4) is 5.75 Å². The van der Waals surface area contributed by atoms with E-state index in [1.54, 1.807) is 31.0 Å². The summed E-state index contributed by atoms with van der Waals surface area (Å²) in [5.74, 6) is 0.202. The lowest BCUT2D eigenvalue weighted by molar-refractivity contribution is -0.138. The Labute approximate surface area is 167 Å². The summed E-state index contributed by atoms with van der Waals surface area (Å²) in [5.41, 5.74) is -1.39. The Bertz CT molecular complexity index is 818. The molecule has 1 atom stereocenters. The Morgan fingerprint density at radius 2 is 2.00 bits per heavy atom. The smallest absolute Gasteiger partial charge is 0.419 e. The van der Waals surface area contributed by atoms with E-state index in [1.165, 1.54) is 18.2 Å². The van der Waals surface area contributed by atoms with Crippen LogP contribution in [0.25, 0.3) is 0 Å². The number of aliphatic hydroxyl groups is 1. The minimum Gasteiger partial charge on any atom is -0.491 e. The van der Waals surface area contributed by atoms with E-state index in [1.807, 2.05) is 6.92 Å². The number of aryl methyl sites for hydroxylation is 1. The van der Waals surface area contributed by atoms with Crippen molar-refractivity contribution in [1.29, 1.82) is 0 Å². The van der Waals surface area contributed by atoms with Gasteiger partial charge in [0.1, 0.15) is 18.0 Å². The van der Waals surface area contributed by atoms with E-state index in [0.29, 0.717) is 18.1 Å². The van der Waals surface area contributed by atoms with Gasteiger partial charge in [0.15, 0.2) is 5.96 Å². The molecule has 3 N–H and O–H groups in total. The third-order valence-electron chi connectivity index (χ3n) is 4.06. The Morgan fingerprint density at radius 1 is 1.28 bits per heavy atom. The lowest BCUT2D eigenvalue weighted by Crippen LogP contribution is -2.40. The highest BCUT2D eigenvalue weighted by Gasteiger charge is 2.34. The van der Waals surface area contributed by atoms with Crippen molar-refractivity contribution >= 4 is 5.96 Å². The van der Waals surface area contributed by atoms with Gasteiger partial charge in [0, 0.05) is 25.4 Å². The van der Waals surface area contributed by atoms with Crippen molar-refractivity contribution in [3.63, 3.8) is 0 Å². The summed E-state index contributed by atoms with van der Waals surface area (Å²) in [7, 11) is 1.76. The fourth-order valence-electron chi connectivity index (χ4n) is 2.52. The standard InChI is InChI=1S/C19H26F3N5O2/c1-4-23-17(25-13-18(2,28)14-11-26-27(3)12-14)24-9-10-29-16-8-6-5-7-15(16)19(20,21)22/h5-8,11-12,28H,4,9-10,13H2,1-3H3,(H2,23,24,25). The second-order valence-corrected chi connectivity index (χ2v) is 6.64.